The summed E-state index contributed by atoms with van der Waals surface area (Å²) in [6.07, 6.45) is 0.892. The molecular weight excluding hydrogens is 308 g/mol. The second-order valence-corrected chi connectivity index (χ2v) is 5.97. The average molecular weight is 336 g/mol. The van der Waals surface area contributed by atoms with Crippen molar-refractivity contribution in [1.29, 1.82) is 0 Å². The highest BCUT2D eigenvalue weighted by atomic mass is 16.5. The molecule has 0 fully saturated rings. The molecule has 0 bridgehead atoms. The molecule has 24 heavy (non-hydrogen) atoms. The summed E-state index contributed by atoms with van der Waals surface area (Å²) in [6.45, 7) is 8.87. The van der Waals surface area contributed by atoms with Crippen molar-refractivity contribution in [3.63, 3.8) is 0 Å². The van der Waals surface area contributed by atoms with Crippen LogP contribution >= 0.6 is 0 Å². The second-order valence-electron chi connectivity index (χ2n) is 5.97. The Morgan fingerprint density at radius 1 is 1.04 bits per heavy atom. The molecule has 0 aliphatic heterocycles. The lowest BCUT2D eigenvalue weighted by atomic mass is 10.1. The van der Waals surface area contributed by atoms with Crippen molar-refractivity contribution in [2.24, 2.45) is 5.92 Å². The van der Waals surface area contributed by atoms with Gasteiger partial charge in [0, 0.05) is 12.2 Å². The molecule has 0 aliphatic carbocycles. The molecule has 6 heteroatoms. The summed E-state index contributed by atoms with van der Waals surface area (Å²) in [5.41, 5.74) is 1.83. The number of pyridine rings is 1. The van der Waals surface area contributed by atoms with Crippen LogP contribution in [0, 0.1) is 5.92 Å². The van der Waals surface area contributed by atoms with Gasteiger partial charge in [-0.25, -0.2) is 0 Å². The Bertz CT molecular complexity index is 512. The minimum absolute atomic E-state index is 0.0305. The van der Waals surface area contributed by atoms with E-state index in [1.54, 1.807) is 18.7 Å². The van der Waals surface area contributed by atoms with E-state index in [0.29, 0.717) is 25.7 Å². The zero-order chi connectivity index (χ0) is 17.9. The Morgan fingerprint density at radius 3 is 2.08 bits per heavy atom. The SMILES string of the molecule is CCOC(=O)CN(CC(=O)OCC)Cc1cccc(CC(C)C)n1. The van der Waals surface area contributed by atoms with Gasteiger partial charge in [0.05, 0.1) is 32.0 Å². The smallest absolute Gasteiger partial charge is 0.320 e. The zero-order valence-electron chi connectivity index (χ0n) is 15.1. The van der Waals surface area contributed by atoms with Crippen LogP contribution in [0.3, 0.4) is 0 Å². The maximum atomic E-state index is 11.8. The van der Waals surface area contributed by atoms with E-state index in [0.717, 1.165) is 17.8 Å². The van der Waals surface area contributed by atoms with Crippen LogP contribution in [0.4, 0.5) is 0 Å². The monoisotopic (exact) mass is 336 g/mol. The van der Waals surface area contributed by atoms with Gasteiger partial charge < -0.3 is 9.47 Å². The number of ether oxygens (including phenoxy) is 2. The third-order valence-corrected chi connectivity index (χ3v) is 3.18. The first-order valence-corrected chi connectivity index (χ1v) is 8.43. The quantitative estimate of drug-likeness (QED) is 0.610. The molecule has 1 aromatic heterocycles. The van der Waals surface area contributed by atoms with Crippen LogP contribution in [-0.2, 0) is 32.0 Å². The van der Waals surface area contributed by atoms with E-state index < -0.39 is 0 Å². The molecule has 0 unspecified atom stereocenters. The van der Waals surface area contributed by atoms with Crippen molar-refractivity contribution in [3.05, 3.63) is 29.6 Å². The lowest BCUT2D eigenvalue weighted by Crippen LogP contribution is -2.36. The molecular formula is C18H28N2O4. The zero-order valence-corrected chi connectivity index (χ0v) is 15.1. The number of esters is 2. The Kier molecular flexibility index (Phi) is 9.01. The van der Waals surface area contributed by atoms with E-state index in [4.69, 9.17) is 9.47 Å². The summed E-state index contributed by atoms with van der Waals surface area (Å²) >= 11 is 0. The fourth-order valence-electron chi connectivity index (χ4n) is 2.32. The molecule has 0 amide bonds. The molecule has 6 nitrogen and oxygen atoms in total. The minimum atomic E-state index is -0.361. The molecule has 1 aromatic rings. The van der Waals surface area contributed by atoms with Crippen LogP contribution in [0.2, 0.25) is 0 Å². The van der Waals surface area contributed by atoms with Gasteiger partial charge in [0.15, 0.2) is 0 Å². The van der Waals surface area contributed by atoms with Crippen LogP contribution in [-0.4, -0.2) is 48.1 Å². The van der Waals surface area contributed by atoms with Crippen LogP contribution in [0.25, 0.3) is 0 Å². The number of rotatable bonds is 10. The summed E-state index contributed by atoms with van der Waals surface area (Å²) in [4.78, 5) is 29.8. The predicted molar refractivity (Wildman–Crippen MR) is 91.3 cm³/mol. The lowest BCUT2D eigenvalue weighted by molar-refractivity contribution is -0.148. The van der Waals surface area contributed by atoms with Gasteiger partial charge >= 0.3 is 11.9 Å². The van der Waals surface area contributed by atoms with E-state index in [9.17, 15) is 9.59 Å². The molecule has 0 aliphatic rings. The van der Waals surface area contributed by atoms with Crippen molar-refractivity contribution in [2.45, 2.75) is 40.7 Å². The Morgan fingerprint density at radius 2 is 1.58 bits per heavy atom. The highest BCUT2D eigenvalue weighted by Crippen LogP contribution is 2.09. The third-order valence-electron chi connectivity index (χ3n) is 3.18. The normalized spacial score (nSPS) is 10.9. The van der Waals surface area contributed by atoms with Gasteiger partial charge in [-0.1, -0.05) is 19.9 Å². The van der Waals surface area contributed by atoms with E-state index in [1.165, 1.54) is 0 Å². The molecule has 0 atom stereocenters. The molecule has 1 rings (SSSR count). The highest BCUT2D eigenvalue weighted by Gasteiger charge is 2.17. The lowest BCUT2D eigenvalue weighted by Gasteiger charge is -2.20. The van der Waals surface area contributed by atoms with Gasteiger partial charge in [0.1, 0.15) is 0 Å². The number of hydrogen-bond donors (Lipinski definition) is 0. The topological polar surface area (TPSA) is 68.7 Å². The molecule has 0 aromatic carbocycles. The van der Waals surface area contributed by atoms with Gasteiger partial charge in [-0.2, -0.15) is 0 Å². The fourth-order valence-corrected chi connectivity index (χ4v) is 2.32. The number of nitrogens with zero attached hydrogens (tertiary/aromatic N) is 2. The summed E-state index contributed by atoms with van der Waals surface area (Å²) in [5, 5.41) is 0. The molecule has 0 saturated carbocycles. The van der Waals surface area contributed by atoms with E-state index >= 15 is 0 Å². The van der Waals surface area contributed by atoms with Gasteiger partial charge in [-0.3, -0.25) is 19.5 Å². The summed E-state index contributed by atoms with van der Waals surface area (Å²) in [6, 6.07) is 5.84. The van der Waals surface area contributed by atoms with Crippen molar-refractivity contribution in [3.8, 4) is 0 Å². The first-order chi connectivity index (χ1) is 11.4. The summed E-state index contributed by atoms with van der Waals surface area (Å²) in [5.74, 6) is -0.205. The second kappa shape index (κ2) is 10.8. The van der Waals surface area contributed by atoms with Crippen molar-refractivity contribution < 1.29 is 19.1 Å². The van der Waals surface area contributed by atoms with Crippen LogP contribution in [0.1, 0.15) is 39.1 Å². The van der Waals surface area contributed by atoms with Crippen LogP contribution in [0.15, 0.2) is 18.2 Å². The number of aromatic nitrogens is 1. The summed E-state index contributed by atoms with van der Waals surface area (Å²) < 4.78 is 9.95. The van der Waals surface area contributed by atoms with E-state index in [-0.39, 0.29) is 25.0 Å². The van der Waals surface area contributed by atoms with Crippen molar-refractivity contribution in [2.75, 3.05) is 26.3 Å². The fraction of sp³-hybridized carbons (Fsp3) is 0.611. The van der Waals surface area contributed by atoms with Gasteiger partial charge in [0.2, 0.25) is 0 Å². The number of hydrogen-bond acceptors (Lipinski definition) is 6. The third kappa shape index (κ3) is 8.06. The van der Waals surface area contributed by atoms with Gasteiger partial charge in [-0.15, -0.1) is 0 Å². The molecule has 0 saturated heterocycles. The standard InChI is InChI=1S/C18H28N2O4/c1-5-23-17(21)12-20(13-18(22)24-6-2)11-16-9-7-8-15(19-16)10-14(3)4/h7-9,14H,5-6,10-13H2,1-4H3. The minimum Gasteiger partial charge on any atom is -0.465 e. The first-order valence-electron chi connectivity index (χ1n) is 8.43. The van der Waals surface area contributed by atoms with E-state index in [1.807, 2.05) is 18.2 Å². The van der Waals surface area contributed by atoms with Crippen molar-refractivity contribution >= 4 is 11.9 Å². The molecule has 134 valence electrons. The molecule has 0 radical (unpaired) electrons. The predicted octanol–water partition coefficient (Wildman–Crippen LogP) is 2.21. The Labute approximate surface area is 144 Å². The Balaban J connectivity index is 2.78. The van der Waals surface area contributed by atoms with Crippen LogP contribution < -0.4 is 0 Å². The van der Waals surface area contributed by atoms with Gasteiger partial charge in [0.25, 0.3) is 0 Å². The average Bonchev–Trinajstić information content (AvgIpc) is 2.47. The number of carbonyl (C=O) groups is 2. The summed E-state index contributed by atoms with van der Waals surface area (Å²) in [7, 11) is 0. The molecule has 0 N–H and O–H groups in total. The highest BCUT2D eigenvalue weighted by molar-refractivity contribution is 5.75. The van der Waals surface area contributed by atoms with Crippen LogP contribution in [0.5, 0.6) is 0 Å². The first kappa shape index (κ1) is 20.1. The van der Waals surface area contributed by atoms with Crippen molar-refractivity contribution in [1.82, 2.24) is 9.88 Å². The maximum Gasteiger partial charge on any atom is 0.320 e. The van der Waals surface area contributed by atoms with E-state index in [2.05, 4.69) is 18.8 Å². The molecule has 0 spiro atoms. The number of carbonyl (C=O) groups excluding carboxylic acids is 2. The Hall–Kier alpha value is -1.95. The molecule has 1 heterocycles. The largest absolute Gasteiger partial charge is 0.465 e. The maximum absolute atomic E-state index is 11.8. The van der Waals surface area contributed by atoms with Gasteiger partial charge in [-0.05, 0) is 38.3 Å².